The van der Waals surface area contributed by atoms with Gasteiger partial charge in [-0.15, -0.1) is 23.2 Å². The maximum absolute atomic E-state index is 12.1. The van der Waals surface area contributed by atoms with Gasteiger partial charge in [0, 0.05) is 14.2 Å². The van der Waals surface area contributed by atoms with Gasteiger partial charge in [0.05, 0.1) is 12.1 Å². The summed E-state index contributed by atoms with van der Waals surface area (Å²) in [5, 5.41) is -0.0294. The van der Waals surface area contributed by atoms with Gasteiger partial charge in [-0.2, -0.15) is 0 Å². The number of ether oxygens (including phenoxy) is 4. The Kier molecular flexibility index (Phi) is 3.12. The highest BCUT2D eigenvalue weighted by molar-refractivity contribution is 6.46. The van der Waals surface area contributed by atoms with E-state index in [1.165, 1.54) is 21.3 Å². The summed E-state index contributed by atoms with van der Waals surface area (Å²) in [4.78, 5) is 20.7. The molecule has 3 rings (SSSR count). The number of fused-ring (bicyclic) bond motifs is 5. The molecule has 4 unspecified atom stereocenters. The molecule has 6 nitrogen and oxygen atoms in total. The fourth-order valence-corrected chi connectivity index (χ4v) is 5.63. The summed E-state index contributed by atoms with van der Waals surface area (Å²) in [7, 11) is 3.94. The molecule has 3 aliphatic rings. The molecule has 0 spiro atoms. The maximum Gasteiger partial charge on any atom is 0.320 e. The average Bonchev–Trinajstić information content (AvgIpc) is 2.88. The number of methoxy groups -OCH3 is 3. The summed E-state index contributed by atoms with van der Waals surface area (Å²) in [5.41, 5.74) is 0. The summed E-state index contributed by atoms with van der Waals surface area (Å²) in [5.74, 6) is -5.54. The zero-order chi connectivity index (χ0) is 15.8. The number of carbonyl (C=O) groups excluding carboxylic acids is 2. The van der Waals surface area contributed by atoms with Crippen molar-refractivity contribution in [3.63, 3.8) is 0 Å². The third-order valence-corrected chi connectivity index (χ3v) is 6.38. The third kappa shape index (κ3) is 1.23. The van der Waals surface area contributed by atoms with E-state index in [9.17, 15) is 9.59 Å². The van der Waals surface area contributed by atoms with Gasteiger partial charge in [0.2, 0.25) is 5.79 Å². The van der Waals surface area contributed by atoms with E-state index < -0.39 is 39.3 Å². The molecule has 1 heterocycles. The van der Waals surface area contributed by atoms with E-state index in [4.69, 9.17) is 49.0 Å². The van der Waals surface area contributed by atoms with E-state index >= 15 is 0 Å². The van der Waals surface area contributed by atoms with Crippen molar-refractivity contribution < 1.29 is 28.5 Å². The fourth-order valence-electron chi connectivity index (χ4n) is 3.77. The first-order valence-electron chi connectivity index (χ1n) is 5.96. The first kappa shape index (κ1) is 15.4. The predicted octanol–water partition coefficient (Wildman–Crippen LogP) is 1.37. The molecule has 2 bridgehead atoms. The molecular weight excluding hydrogens is 346 g/mol. The molecular formula is C12H11Cl3O6. The van der Waals surface area contributed by atoms with Crippen molar-refractivity contribution in [2.45, 2.75) is 15.5 Å². The minimum atomic E-state index is -1.74. The summed E-state index contributed by atoms with van der Waals surface area (Å²) in [6.07, 6.45) is 0. The molecule has 21 heavy (non-hydrogen) atoms. The van der Waals surface area contributed by atoms with Crippen LogP contribution in [-0.4, -0.2) is 48.8 Å². The minimum absolute atomic E-state index is 0.0294. The van der Waals surface area contributed by atoms with Gasteiger partial charge in [0.15, 0.2) is 9.75 Å². The Bertz CT molecular complexity index is 586. The monoisotopic (exact) mass is 356 g/mol. The zero-order valence-corrected chi connectivity index (χ0v) is 13.5. The Hall–Kier alpha value is -0.530. The maximum atomic E-state index is 12.1. The predicted molar refractivity (Wildman–Crippen MR) is 71.9 cm³/mol. The molecule has 9 heteroatoms. The van der Waals surface area contributed by atoms with E-state index in [0.29, 0.717) is 0 Å². The molecule has 2 fully saturated rings. The lowest BCUT2D eigenvalue weighted by molar-refractivity contribution is -0.226. The van der Waals surface area contributed by atoms with Crippen LogP contribution in [0.15, 0.2) is 10.8 Å². The number of rotatable bonds is 3. The summed E-state index contributed by atoms with van der Waals surface area (Å²) in [6, 6.07) is 0. The number of carbonyl (C=O) groups is 2. The second-order valence-corrected chi connectivity index (χ2v) is 6.56. The van der Waals surface area contributed by atoms with Crippen LogP contribution in [0.5, 0.6) is 0 Å². The first-order valence-corrected chi connectivity index (χ1v) is 7.09. The topological polar surface area (TPSA) is 71.1 Å². The van der Waals surface area contributed by atoms with Crippen LogP contribution in [0.4, 0.5) is 0 Å². The van der Waals surface area contributed by atoms with Crippen LogP contribution in [0.25, 0.3) is 0 Å². The van der Waals surface area contributed by atoms with Crippen LogP contribution in [0, 0.1) is 11.8 Å². The van der Waals surface area contributed by atoms with Gasteiger partial charge >= 0.3 is 11.9 Å². The Balaban J connectivity index is 2.38. The van der Waals surface area contributed by atoms with Crippen molar-refractivity contribution in [2.24, 2.45) is 11.8 Å². The number of esters is 2. The minimum Gasteiger partial charge on any atom is -0.498 e. The Morgan fingerprint density at radius 2 is 1.48 bits per heavy atom. The Morgan fingerprint density at radius 1 is 1.00 bits per heavy atom. The highest BCUT2D eigenvalue weighted by Crippen LogP contribution is 2.74. The van der Waals surface area contributed by atoms with E-state index in [-0.39, 0.29) is 10.8 Å². The smallest absolute Gasteiger partial charge is 0.320 e. The molecule has 4 atom stereocenters. The van der Waals surface area contributed by atoms with Crippen molar-refractivity contribution in [3.05, 3.63) is 10.8 Å². The number of alkyl halides is 2. The highest BCUT2D eigenvalue weighted by Gasteiger charge is 2.90. The second-order valence-electron chi connectivity index (χ2n) is 4.99. The number of halogens is 3. The van der Waals surface area contributed by atoms with Crippen LogP contribution < -0.4 is 0 Å². The first-order chi connectivity index (χ1) is 9.77. The van der Waals surface area contributed by atoms with E-state index in [0.717, 1.165) is 0 Å². The molecule has 1 saturated carbocycles. The van der Waals surface area contributed by atoms with Crippen LogP contribution >= 0.6 is 34.8 Å². The van der Waals surface area contributed by atoms with Gasteiger partial charge in [-0.1, -0.05) is 11.6 Å². The largest absolute Gasteiger partial charge is 0.498 e. The van der Waals surface area contributed by atoms with Crippen molar-refractivity contribution in [3.8, 4) is 0 Å². The Morgan fingerprint density at radius 3 is 1.90 bits per heavy atom. The highest BCUT2D eigenvalue weighted by atomic mass is 35.5. The van der Waals surface area contributed by atoms with Crippen LogP contribution in [0.3, 0.4) is 0 Å². The number of hydrogen-bond acceptors (Lipinski definition) is 6. The van der Waals surface area contributed by atoms with E-state index in [1.807, 2.05) is 0 Å². The van der Waals surface area contributed by atoms with Gasteiger partial charge in [-0.25, -0.2) is 0 Å². The second kappa shape index (κ2) is 4.26. The lowest BCUT2D eigenvalue weighted by Gasteiger charge is -2.41. The lowest BCUT2D eigenvalue weighted by Crippen LogP contribution is -2.59. The van der Waals surface area contributed by atoms with Crippen LogP contribution in [-0.2, 0) is 28.5 Å². The summed E-state index contributed by atoms with van der Waals surface area (Å²) < 4.78 is 20.7. The average molecular weight is 358 g/mol. The lowest BCUT2D eigenvalue weighted by atomic mass is 9.83. The van der Waals surface area contributed by atoms with Gasteiger partial charge in [0.25, 0.3) is 0 Å². The molecule has 0 N–H and O–H groups in total. The molecule has 0 amide bonds. The molecule has 0 aromatic carbocycles. The van der Waals surface area contributed by atoms with E-state index in [2.05, 4.69) is 4.74 Å². The van der Waals surface area contributed by atoms with Gasteiger partial charge in [-0.3, -0.25) is 9.59 Å². The number of cyclic esters (lactones) is 2. The normalized spacial score (nSPS) is 43.3. The Labute approximate surface area is 135 Å². The van der Waals surface area contributed by atoms with Gasteiger partial charge in [-0.05, 0) is 0 Å². The van der Waals surface area contributed by atoms with Crippen LogP contribution in [0.2, 0.25) is 0 Å². The molecule has 116 valence electrons. The van der Waals surface area contributed by atoms with Crippen LogP contribution in [0.1, 0.15) is 0 Å². The summed E-state index contributed by atoms with van der Waals surface area (Å²) >= 11 is 19.6. The fraction of sp³-hybridized carbons (Fsp3) is 0.667. The van der Waals surface area contributed by atoms with Crippen molar-refractivity contribution in [1.29, 1.82) is 0 Å². The SMILES string of the molecule is COC1=C(Cl)C2(Cl)C3C(=O)OC(=O)C3C1(Cl)C2(OC)OC. The molecule has 0 aromatic heterocycles. The number of hydrogen-bond donors (Lipinski definition) is 0. The van der Waals surface area contributed by atoms with Crippen molar-refractivity contribution in [2.75, 3.05) is 21.3 Å². The summed E-state index contributed by atoms with van der Waals surface area (Å²) in [6.45, 7) is 0. The van der Waals surface area contributed by atoms with Crippen molar-refractivity contribution >= 4 is 46.7 Å². The molecule has 1 saturated heterocycles. The molecule has 0 aromatic rings. The molecule has 2 aliphatic carbocycles. The van der Waals surface area contributed by atoms with Crippen molar-refractivity contribution in [1.82, 2.24) is 0 Å². The molecule has 0 radical (unpaired) electrons. The van der Waals surface area contributed by atoms with E-state index in [1.54, 1.807) is 0 Å². The van der Waals surface area contributed by atoms with Gasteiger partial charge in [0.1, 0.15) is 17.6 Å². The standard InChI is InChI=1S/C12H11Cl3O6/c1-18-7-6(13)10(14)4-5(9(17)21-8(4)16)11(7,15)12(10,19-2)20-3/h4-5H,1-3H3. The quantitative estimate of drug-likeness (QED) is 0.329. The molecule has 1 aliphatic heterocycles. The van der Waals surface area contributed by atoms with Gasteiger partial charge < -0.3 is 18.9 Å². The zero-order valence-electron chi connectivity index (χ0n) is 11.2. The third-order valence-electron chi connectivity index (χ3n) is 4.49.